The number of imidazole rings is 1. The van der Waals surface area contributed by atoms with E-state index < -0.39 is 0 Å². The molecule has 0 fully saturated rings. The Morgan fingerprint density at radius 2 is 1.87 bits per heavy atom. The number of nitrogens with zero attached hydrogens (tertiary/aromatic N) is 1. The van der Waals surface area contributed by atoms with Gasteiger partial charge in [-0.05, 0) is 49.0 Å². The van der Waals surface area contributed by atoms with Crippen molar-refractivity contribution in [3.05, 3.63) is 54.4 Å². The predicted molar refractivity (Wildman–Crippen MR) is 101 cm³/mol. The maximum absolute atomic E-state index is 5.36. The molecule has 0 radical (unpaired) electrons. The van der Waals surface area contributed by atoms with E-state index in [0.717, 1.165) is 41.1 Å². The zero-order valence-corrected chi connectivity index (χ0v) is 13.9. The summed E-state index contributed by atoms with van der Waals surface area (Å²) >= 11 is 5.36. The highest BCUT2D eigenvalue weighted by atomic mass is 32.1. The van der Waals surface area contributed by atoms with Gasteiger partial charge in [-0.1, -0.05) is 31.5 Å². The van der Waals surface area contributed by atoms with Crippen molar-refractivity contribution in [2.75, 3.05) is 10.6 Å². The molecule has 3 N–H and O–H groups in total. The lowest BCUT2D eigenvalue weighted by molar-refractivity contribution is 0.765. The van der Waals surface area contributed by atoms with Crippen molar-refractivity contribution in [1.82, 2.24) is 9.97 Å². The predicted octanol–water partition coefficient (Wildman–Crippen LogP) is 4.71. The second-order valence-corrected chi connectivity index (χ2v) is 5.87. The van der Waals surface area contributed by atoms with Crippen LogP contribution in [0.4, 0.5) is 11.4 Å². The lowest BCUT2D eigenvalue weighted by Gasteiger charge is -2.10. The van der Waals surface area contributed by atoms with Crippen LogP contribution in [0.1, 0.15) is 25.6 Å². The van der Waals surface area contributed by atoms with Crippen LogP contribution in [0.5, 0.6) is 0 Å². The summed E-state index contributed by atoms with van der Waals surface area (Å²) in [6, 6.07) is 15.9. The zero-order chi connectivity index (χ0) is 16.1. The summed E-state index contributed by atoms with van der Waals surface area (Å²) < 4.78 is 0. The van der Waals surface area contributed by atoms with Gasteiger partial charge in [0.2, 0.25) is 0 Å². The van der Waals surface area contributed by atoms with Crippen LogP contribution in [0.3, 0.4) is 0 Å². The lowest BCUT2D eigenvalue weighted by Crippen LogP contribution is -2.18. The molecule has 0 atom stereocenters. The second-order valence-electron chi connectivity index (χ2n) is 5.46. The number of anilines is 2. The topological polar surface area (TPSA) is 52.7 Å². The number of rotatable bonds is 5. The Kier molecular flexibility index (Phi) is 4.88. The summed E-state index contributed by atoms with van der Waals surface area (Å²) in [5.41, 5.74) is 3.93. The number of aromatic nitrogens is 2. The lowest BCUT2D eigenvalue weighted by atomic mass is 10.2. The number of aryl methyl sites for hydroxylation is 1. The van der Waals surface area contributed by atoms with Crippen molar-refractivity contribution in [2.24, 2.45) is 0 Å². The minimum Gasteiger partial charge on any atom is -0.342 e. The van der Waals surface area contributed by atoms with Crippen LogP contribution in [0, 0.1) is 0 Å². The number of benzene rings is 2. The van der Waals surface area contributed by atoms with Crippen molar-refractivity contribution < 1.29 is 0 Å². The maximum Gasteiger partial charge on any atom is 0.175 e. The average Bonchev–Trinajstić information content (AvgIpc) is 2.96. The minimum absolute atomic E-state index is 0.571. The molecule has 0 aliphatic heterocycles. The van der Waals surface area contributed by atoms with E-state index in [9.17, 15) is 0 Å². The Hall–Kier alpha value is -2.40. The number of para-hydroxylation sites is 1. The van der Waals surface area contributed by atoms with E-state index >= 15 is 0 Å². The molecule has 3 rings (SSSR count). The Morgan fingerprint density at radius 3 is 2.65 bits per heavy atom. The smallest absolute Gasteiger partial charge is 0.175 e. The van der Waals surface area contributed by atoms with Crippen LogP contribution < -0.4 is 10.6 Å². The van der Waals surface area contributed by atoms with Crippen LogP contribution in [0.25, 0.3) is 11.0 Å². The van der Waals surface area contributed by atoms with Gasteiger partial charge >= 0.3 is 0 Å². The monoisotopic (exact) mass is 324 g/mol. The number of hydrogen-bond donors (Lipinski definition) is 3. The number of H-pyrrole nitrogens is 1. The van der Waals surface area contributed by atoms with E-state index in [2.05, 4.69) is 27.5 Å². The highest BCUT2D eigenvalue weighted by Gasteiger charge is 2.05. The van der Waals surface area contributed by atoms with Gasteiger partial charge in [0.1, 0.15) is 5.82 Å². The van der Waals surface area contributed by atoms with Gasteiger partial charge in [0.15, 0.2) is 5.11 Å². The average molecular weight is 324 g/mol. The molecule has 23 heavy (non-hydrogen) atoms. The Morgan fingerprint density at radius 1 is 1.09 bits per heavy atom. The summed E-state index contributed by atoms with van der Waals surface area (Å²) in [4.78, 5) is 7.99. The van der Waals surface area contributed by atoms with Crippen LogP contribution in [-0.4, -0.2) is 15.1 Å². The normalized spacial score (nSPS) is 10.7. The molecule has 0 aliphatic carbocycles. The molecular formula is C18H20N4S. The van der Waals surface area contributed by atoms with E-state index in [4.69, 9.17) is 12.2 Å². The van der Waals surface area contributed by atoms with Crippen molar-refractivity contribution in [3.63, 3.8) is 0 Å². The molecule has 0 unspecified atom stereocenters. The van der Waals surface area contributed by atoms with Gasteiger partial charge in [-0.15, -0.1) is 0 Å². The van der Waals surface area contributed by atoms with E-state index in [1.165, 1.54) is 6.42 Å². The number of fused-ring (bicyclic) bond motifs is 1. The first kappa shape index (κ1) is 15.5. The van der Waals surface area contributed by atoms with Gasteiger partial charge in [-0.3, -0.25) is 0 Å². The molecule has 0 bridgehead atoms. The fourth-order valence-corrected chi connectivity index (χ4v) is 2.65. The molecule has 4 nitrogen and oxygen atoms in total. The number of aromatic amines is 1. The Labute approximate surface area is 141 Å². The van der Waals surface area contributed by atoms with Crippen molar-refractivity contribution in [1.29, 1.82) is 0 Å². The van der Waals surface area contributed by atoms with Crippen LogP contribution in [0.2, 0.25) is 0 Å². The van der Waals surface area contributed by atoms with Gasteiger partial charge in [0.25, 0.3) is 0 Å². The van der Waals surface area contributed by atoms with Crippen molar-refractivity contribution in [2.45, 2.75) is 26.2 Å². The first-order chi connectivity index (χ1) is 11.2. The third kappa shape index (κ3) is 4.07. The van der Waals surface area contributed by atoms with Crippen LogP contribution in [-0.2, 0) is 6.42 Å². The molecule has 1 heterocycles. The molecular weight excluding hydrogens is 304 g/mol. The first-order valence-corrected chi connectivity index (χ1v) is 8.27. The summed E-state index contributed by atoms with van der Waals surface area (Å²) in [5.74, 6) is 1.05. The van der Waals surface area contributed by atoms with Crippen molar-refractivity contribution >= 4 is 39.7 Å². The number of hydrogen-bond acceptors (Lipinski definition) is 2. The van der Waals surface area contributed by atoms with E-state index in [1.54, 1.807) is 0 Å². The first-order valence-electron chi connectivity index (χ1n) is 7.86. The summed E-state index contributed by atoms with van der Waals surface area (Å²) in [6.07, 6.45) is 3.31. The molecule has 118 valence electrons. The molecule has 2 aromatic carbocycles. The molecule has 0 amide bonds. The summed E-state index contributed by atoms with van der Waals surface area (Å²) in [5, 5.41) is 6.94. The fraction of sp³-hybridized carbons (Fsp3) is 0.222. The highest BCUT2D eigenvalue weighted by Crippen LogP contribution is 2.18. The van der Waals surface area contributed by atoms with Crippen LogP contribution >= 0.6 is 12.2 Å². The quantitative estimate of drug-likeness (QED) is 0.595. The highest BCUT2D eigenvalue weighted by molar-refractivity contribution is 7.80. The van der Waals surface area contributed by atoms with Gasteiger partial charge in [-0.25, -0.2) is 4.98 Å². The van der Waals surface area contributed by atoms with Gasteiger partial charge in [0, 0.05) is 17.8 Å². The number of unbranched alkanes of at least 4 members (excludes halogenated alkanes) is 1. The van der Waals surface area contributed by atoms with E-state index in [1.807, 2.05) is 48.5 Å². The molecule has 5 heteroatoms. The number of thiocarbonyl (C=S) groups is 1. The van der Waals surface area contributed by atoms with Gasteiger partial charge in [0.05, 0.1) is 11.0 Å². The maximum atomic E-state index is 5.36. The van der Waals surface area contributed by atoms with Gasteiger partial charge in [-0.2, -0.15) is 0 Å². The van der Waals surface area contributed by atoms with E-state index in [0.29, 0.717) is 5.11 Å². The Balaban J connectivity index is 1.69. The third-order valence-electron chi connectivity index (χ3n) is 3.59. The fourth-order valence-electron chi connectivity index (χ4n) is 2.42. The van der Waals surface area contributed by atoms with Gasteiger partial charge < -0.3 is 15.6 Å². The largest absolute Gasteiger partial charge is 0.342 e. The summed E-state index contributed by atoms with van der Waals surface area (Å²) in [7, 11) is 0. The van der Waals surface area contributed by atoms with Crippen LogP contribution in [0.15, 0.2) is 48.5 Å². The SMILES string of the molecule is CCCCc1nc2ccc(NC(=S)Nc3ccccc3)cc2[nH]1. The minimum atomic E-state index is 0.571. The molecule has 1 aromatic heterocycles. The zero-order valence-electron chi connectivity index (χ0n) is 13.1. The molecule has 3 aromatic rings. The second kappa shape index (κ2) is 7.24. The van der Waals surface area contributed by atoms with E-state index in [-0.39, 0.29) is 0 Å². The standard InChI is InChI=1S/C18H20N4S/c1-2-3-9-17-21-15-11-10-14(12-16(15)22-17)20-18(23)19-13-7-5-4-6-8-13/h4-8,10-12H,2-3,9H2,1H3,(H,21,22)(H2,19,20,23). The molecule has 0 saturated carbocycles. The Bertz CT molecular complexity index is 795. The summed E-state index contributed by atoms with van der Waals surface area (Å²) in [6.45, 7) is 2.19. The van der Waals surface area contributed by atoms with Crippen molar-refractivity contribution in [3.8, 4) is 0 Å². The molecule has 0 saturated heterocycles. The third-order valence-corrected chi connectivity index (χ3v) is 3.79. The number of nitrogens with one attached hydrogen (secondary N) is 3. The molecule has 0 aliphatic rings. The molecule has 0 spiro atoms.